The van der Waals surface area contributed by atoms with Crippen molar-refractivity contribution in [3.05, 3.63) is 69.7 Å². The highest BCUT2D eigenvalue weighted by Gasteiger charge is 2.27. The minimum Gasteiger partial charge on any atom is -0.352 e. The van der Waals surface area contributed by atoms with Crippen molar-refractivity contribution in [1.82, 2.24) is 10.2 Å². The van der Waals surface area contributed by atoms with Gasteiger partial charge in [0.05, 0.1) is 6.42 Å². The molecule has 0 aliphatic heterocycles. The molecular weight excluding hydrogens is 384 g/mol. The van der Waals surface area contributed by atoms with Crippen molar-refractivity contribution in [3.8, 4) is 0 Å². The third-order valence-electron chi connectivity index (χ3n) is 5.28. The van der Waals surface area contributed by atoms with Crippen LogP contribution in [0.4, 0.5) is 0 Å². The molecule has 2 amide bonds. The molecule has 1 N–H and O–H groups in total. The molecule has 0 heterocycles. The van der Waals surface area contributed by atoms with Crippen LogP contribution in [-0.4, -0.2) is 28.8 Å². The van der Waals surface area contributed by atoms with Crippen LogP contribution in [0.5, 0.6) is 0 Å². The number of carbonyl (C=O) groups is 2. The Kier molecular flexibility index (Phi) is 8.27. The fraction of sp³-hybridized carbons (Fsp3) is 0.417. The Morgan fingerprint density at radius 2 is 1.72 bits per heavy atom. The lowest BCUT2D eigenvalue weighted by Crippen LogP contribution is -2.49. The van der Waals surface area contributed by atoms with Crippen LogP contribution in [0, 0.1) is 13.8 Å². The Labute approximate surface area is 179 Å². The average molecular weight is 415 g/mol. The van der Waals surface area contributed by atoms with Crippen LogP contribution in [0.1, 0.15) is 49.4 Å². The molecule has 5 heteroatoms. The third kappa shape index (κ3) is 6.60. The Hall–Kier alpha value is -2.33. The Balaban J connectivity index is 2.26. The van der Waals surface area contributed by atoms with Gasteiger partial charge in [0.15, 0.2) is 0 Å². The maximum Gasteiger partial charge on any atom is 0.242 e. The van der Waals surface area contributed by atoms with Gasteiger partial charge < -0.3 is 10.2 Å². The number of aryl methyl sites for hydroxylation is 2. The second kappa shape index (κ2) is 10.4. The van der Waals surface area contributed by atoms with Crippen LogP contribution in [0.15, 0.2) is 42.5 Å². The molecule has 0 aliphatic carbocycles. The van der Waals surface area contributed by atoms with Crippen LogP contribution in [-0.2, 0) is 22.6 Å². The second-order valence-electron chi connectivity index (χ2n) is 7.75. The number of halogens is 1. The lowest BCUT2D eigenvalue weighted by Gasteiger charge is -2.30. The molecule has 0 aromatic heterocycles. The molecule has 0 saturated carbocycles. The van der Waals surface area contributed by atoms with E-state index in [1.165, 1.54) is 0 Å². The number of rotatable bonds is 8. The maximum absolute atomic E-state index is 13.3. The first-order chi connectivity index (χ1) is 13.7. The number of carbonyl (C=O) groups excluding carboxylic acids is 2. The van der Waals surface area contributed by atoms with Gasteiger partial charge in [-0.3, -0.25) is 9.59 Å². The molecule has 4 nitrogen and oxygen atoms in total. The predicted molar refractivity (Wildman–Crippen MR) is 119 cm³/mol. The van der Waals surface area contributed by atoms with Gasteiger partial charge in [0, 0.05) is 17.6 Å². The van der Waals surface area contributed by atoms with Crippen molar-refractivity contribution < 1.29 is 9.59 Å². The largest absolute Gasteiger partial charge is 0.352 e. The molecule has 0 fully saturated rings. The standard InChI is InChI=1S/C24H31ClN2O2/c1-6-18(4)26-24(29)19(5)27(15-20-9-11-22(25)12-10-20)23(28)14-21-13-16(2)7-8-17(21)3/h7-13,18-19H,6,14-15H2,1-5H3,(H,26,29)/t18-,19-/m1/s1. The van der Waals surface area contributed by atoms with Gasteiger partial charge in [-0.25, -0.2) is 0 Å². The number of hydrogen-bond acceptors (Lipinski definition) is 2. The summed E-state index contributed by atoms with van der Waals surface area (Å²) in [6.45, 7) is 10.1. The van der Waals surface area contributed by atoms with E-state index < -0.39 is 6.04 Å². The van der Waals surface area contributed by atoms with Crippen LogP contribution in [0.25, 0.3) is 0 Å². The Morgan fingerprint density at radius 1 is 1.07 bits per heavy atom. The quantitative estimate of drug-likeness (QED) is 0.672. The second-order valence-corrected chi connectivity index (χ2v) is 8.19. The molecule has 2 aromatic rings. The van der Waals surface area contributed by atoms with Crippen molar-refractivity contribution in [3.63, 3.8) is 0 Å². The van der Waals surface area contributed by atoms with E-state index in [0.29, 0.717) is 11.6 Å². The van der Waals surface area contributed by atoms with Crippen molar-refractivity contribution in [2.45, 2.75) is 66.1 Å². The van der Waals surface area contributed by atoms with Crippen LogP contribution in [0.3, 0.4) is 0 Å². The van der Waals surface area contributed by atoms with Crippen molar-refractivity contribution >= 4 is 23.4 Å². The number of nitrogens with zero attached hydrogens (tertiary/aromatic N) is 1. The Morgan fingerprint density at radius 3 is 2.34 bits per heavy atom. The summed E-state index contributed by atoms with van der Waals surface area (Å²) in [5, 5.41) is 3.63. The molecule has 2 atom stereocenters. The summed E-state index contributed by atoms with van der Waals surface area (Å²) >= 11 is 5.99. The first kappa shape index (κ1) is 23.0. The number of nitrogens with one attached hydrogen (secondary N) is 1. The molecule has 0 unspecified atom stereocenters. The van der Waals surface area contributed by atoms with E-state index in [9.17, 15) is 9.59 Å². The number of amides is 2. The van der Waals surface area contributed by atoms with Crippen LogP contribution in [0.2, 0.25) is 5.02 Å². The molecule has 0 radical (unpaired) electrons. The predicted octanol–water partition coefficient (Wildman–Crippen LogP) is 4.83. The lowest BCUT2D eigenvalue weighted by atomic mass is 10.0. The maximum atomic E-state index is 13.3. The van der Waals surface area contributed by atoms with Crippen LogP contribution >= 0.6 is 11.6 Å². The van der Waals surface area contributed by atoms with E-state index in [4.69, 9.17) is 11.6 Å². The number of benzene rings is 2. The molecule has 156 valence electrons. The summed E-state index contributed by atoms with van der Waals surface area (Å²) in [7, 11) is 0. The number of hydrogen-bond donors (Lipinski definition) is 1. The summed E-state index contributed by atoms with van der Waals surface area (Å²) in [5.41, 5.74) is 4.12. The smallest absolute Gasteiger partial charge is 0.242 e. The molecule has 0 spiro atoms. The molecular formula is C24H31ClN2O2. The highest BCUT2D eigenvalue weighted by Crippen LogP contribution is 2.17. The van der Waals surface area contributed by atoms with Gasteiger partial charge in [0.25, 0.3) is 0 Å². The van der Waals surface area contributed by atoms with Crippen molar-refractivity contribution in [2.24, 2.45) is 0 Å². The van der Waals surface area contributed by atoms with Gasteiger partial charge in [0.2, 0.25) is 11.8 Å². The summed E-state index contributed by atoms with van der Waals surface area (Å²) in [6, 6.07) is 13.0. The Bertz CT molecular complexity index is 848. The van der Waals surface area contributed by atoms with E-state index >= 15 is 0 Å². The third-order valence-corrected chi connectivity index (χ3v) is 5.53. The van der Waals surface area contributed by atoms with Gasteiger partial charge in [-0.15, -0.1) is 0 Å². The minimum atomic E-state index is -0.572. The average Bonchev–Trinajstić information content (AvgIpc) is 2.69. The SMILES string of the molecule is CC[C@@H](C)NC(=O)[C@@H](C)N(Cc1ccc(Cl)cc1)C(=O)Cc1cc(C)ccc1C. The normalized spacial score (nSPS) is 12.9. The van der Waals surface area contributed by atoms with E-state index in [1.54, 1.807) is 24.0 Å². The molecule has 0 aliphatic rings. The minimum absolute atomic E-state index is 0.0662. The molecule has 2 aromatic carbocycles. The zero-order valence-electron chi connectivity index (χ0n) is 18.0. The van der Waals surface area contributed by atoms with Crippen LogP contribution < -0.4 is 5.32 Å². The summed E-state index contributed by atoms with van der Waals surface area (Å²) in [4.78, 5) is 27.7. The fourth-order valence-corrected chi connectivity index (χ4v) is 3.22. The highest BCUT2D eigenvalue weighted by molar-refractivity contribution is 6.30. The van der Waals surface area contributed by atoms with E-state index in [0.717, 1.165) is 28.7 Å². The zero-order valence-corrected chi connectivity index (χ0v) is 18.7. The zero-order chi connectivity index (χ0) is 21.6. The summed E-state index contributed by atoms with van der Waals surface area (Å²) in [6.07, 6.45) is 1.11. The lowest BCUT2D eigenvalue weighted by molar-refractivity contribution is -0.140. The van der Waals surface area contributed by atoms with Gasteiger partial charge in [-0.05, 0) is 62.9 Å². The van der Waals surface area contributed by atoms with E-state index in [1.807, 2.05) is 58.0 Å². The van der Waals surface area contributed by atoms with E-state index in [-0.39, 0.29) is 24.3 Å². The van der Waals surface area contributed by atoms with Crippen molar-refractivity contribution in [1.29, 1.82) is 0 Å². The molecule has 0 saturated heterocycles. The molecule has 2 rings (SSSR count). The van der Waals surface area contributed by atoms with Gasteiger partial charge in [-0.1, -0.05) is 54.4 Å². The monoisotopic (exact) mass is 414 g/mol. The van der Waals surface area contributed by atoms with E-state index in [2.05, 4.69) is 5.32 Å². The first-order valence-corrected chi connectivity index (χ1v) is 10.5. The highest BCUT2D eigenvalue weighted by atomic mass is 35.5. The molecule has 29 heavy (non-hydrogen) atoms. The van der Waals surface area contributed by atoms with Gasteiger partial charge in [0.1, 0.15) is 6.04 Å². The van der Waals surface area contributed by atoms with Gasteiger partial charge in [-0.2, -0.15) is 0 Å². The summed E-state index contributed by atoms with van der Waals surface area (Å²) in [5.74, 6) is -0.205. The summed E-state index contributed by atoms with van der Waals surface area (Å²) < 4.78 is 0. The topological polar surface area (TPSA) is 49.4 Å². The first-order valence-electron chi connectivity index (χ1n) is 10.1. The van der Waals surface area contributed by atoms with Gasteiger partial charge >= 0.3 is 0 Å². The molecule has 0 bridgehead atoms. The van der Waals surface area contributed by atoms with Crippen molar-refractivity contribution in [2.75, 3.05) is 0 Å². The fourth-order valence-electron chi connectivity index (χ4n) is 3.09.